The van der Waals surface area contributed by atoms with Gasteiger partial charge < -0.3 is 29.2 Å². The molecular weight excluding hydrogens is 424 g/mol. The molecule has 1 aliphatic heterocycles. The molecule has 2 amide bonds. The zero-order chi connectivity index (χ0) is 23.8. The van der Waals surface area contributed by atoms with Gasteiger partial charge in [0.05, 0.1) is 28.4 Å². The summed E-state index contributed by atoms with van der Waals surface area (Å²) in [4.78, 5) is 27.1. The third-order valence-electron chi connectivity index (χ3n) is 5.87. The maximum Gasteiger partial charge on any atom is 0.253 e. The molecule has 1 fully saturated rings. The van der Waals surface area contributed by atoms with Crippen molar-refractivity contribution in [3.05, 3.63) is 47.5 Å². The first-order valence-corrected chi connectivity index (χ1v) is 11.0. The van der Waals surface area contributed by atoms with Gasteiger partial charge in [0, 0.05) is 31.1 Å². The third kappa shape index (κ3) is 6.09. The van der Waals surface area contributed by atoms with Crippen molar-refractivity contribution in [1.29, 1.82) is 0 Å². The summed E-state index contributed by atoms with van der Waals surface area (Å²) in [6, 6.07) is 10.9. The van der Waals surface area contributed by atoms with Crippen LogP contribution >= 0.6 is 0 Å². The van der Waals surface area contributed by atoms with Gasteiger partial charge in [0.15, 0.2) is 23.0 Å². The van der Waals surface area contributed by atoms with Crippen LogP contribution in [0.4, 0.5) is 0 Å². The van der Waals surface area contributed by atoms with E-state index in [1.807, 2.05) is 23.1 Å². The molecule has 0 bridgehead atoms. The summed E-state index contributed by atoms with van der Waals surface area (Å²) in [7, 11) is 6.30. The molecule has 0 aliphatic carbocycles. The smallest absolute Gasteiger partial charge is 0.253 e. The Morgan fingerprint density at radius 1 is 0.848 bits per heavy atom. The molecule has 0 unspecified atom stereocenters. The zero-order valence-electron chi connectivity index (χ0n) is 19.7. The van der Waals surface area contributed by atoms with Gasteiger partial charge >= 0.3 is 0 Å². The molecular formula is C25H32N2O6. The molecule has 2 aromatic rings. The molecule has 1 saturated heterocycles. The predicted molar refractivity (Wildman–Crippen MR) is 124 cm³/mol. The van der Waals surface area contributed by atoms with Crippen LogP contribution in [0.3, 0.4) is 0 Å². The van der Waals surface area contributed by atoms with E-state index in [1.165, 1.54) is 0 Å². The van der Waals surface area contributed by atoms with Crippen LogP contribution in [0.2, 0.25) is 0 Å². The van der Waals surface area contributed by atoms with E-state index in [0.29, 0.717) is 54.5 Å². The number of carbonyl (C=O) groups is 2. The van der Waals surface area contributed by atoms with Crippen LogP contribution in [-0.4, -0.2) is 64.3 Å². The molecule has 0 radical (unpaired) electrons. The zero-order valence-corrected chi connectivity index (χ0v) is 19.7. The highest BCUT2D eigenvalue weighted by molar-refractivity contribution is 5.95. The van der Waals surface area contributed by atoms with Gasteiger partial charge in [-0.05, 0) is 55.2 Å². The normalized spacial score (nSPS) is 13.9. The average Bonchev–Trinajstić information content (AvgIpc) is 2.86. The van der Waals surface area contributed by atoms with Crippen molar-refractivity contribution in [2.45, 2.75) is 31.7 Å². The lowest BCUT2D eigenvalue weighted by Gasteiger charge is -2.32. The lowest BCUT2D eigenvalue weighted by molar-refractivity contribution is -0.122. The first-order valence-electron chi connectivity index (χ1n) is 11.0. The Kier molecular flexibility index (Phi) is 8.40. The number of methoxy groups -OCH3 is 4. The van der Waals surface area contributed by atoms with Crippen molar-refractivity contribution in [3.8, 4) is 23.0 Å². The van der Waals surface area contributed by atoms with Gasteiger partial charge in [-0.3, -0.25) is 9.59 Å². The number of likely N-dealkylation sites (tertiary alicyclic amines) is 1. The molecule has 3 rings (SSSR count). The minimum Gasteiger partial charge on any atom is -0.493 e. The quantitative estimate of drug-likeness (QED) is 0.624. The van der Waals surface area contributed by atoms with E-state index >= 15 is 0 Å². The molecule has 178 valence electrons. The molecule has 33 heavy (non-hydrogen) atoms. The minimum absolute atomic E-state index is 0.00875. The number of amides is 2. The van der Waals surface area contributed by atoms with Crippen LogP contribution in [0.1, 0.15) is 35.2 Å². The number of ether oxygens (including phenoxy) is 4. The monoisotopic (exact) mass is 456 g/mol. The first kappa shape index (κ1) is 24.2. The van der Waals surface area contributed by atoms with E-state index in [-0.39, 0.29) is 17.9 Å². The lowest BCUT2D eigenvalue weighted by atomic mass is 10.0. The molecule has 0 atom stereocenters. The molecule has 0 aromatic heterocycles. The van der Waals surface area contributed by atoms with Gasteiger partial charge in [-0.1, -0.05) is 6.07 Å². The van der Waals surface area contributed by atoms with Gasteiger partial charge in [-0.25, -0.2) is 0 Å². The van der Waals surface area contributed by atoms with E-state index in [9.17, 15) is 9.59 Å². The van der Waals surface area contributed by atoms with Crippen molar-refractivity contribution in [3.63, 3.8) is 0 Å². The summed E-state index contributed by atoms with van der Waals surface area (Å²) >= 11 is 0. The number of nitrogens with one attached hydrogen (secondary N) is 1. The van der Waals surface area contributed by atoms with E-state index in [1.54, 1.807) is 46.6 Å². The summed E-state index contributed by atoms with van der Waals surface area (Å²) in [5.74, 6) is 2.40. The summed E-state index contributed by atoms with van der Waals surface area (Å²) in [6.45, 7) is 1.18. The largest absolute Gasteiger partial charge is 0.493 e. The fourth-order valence-corrected chi connectivity index (χ4v) is 3.97. The van der Waals surface area contributed by atoms with Gasteiger partial charge in [0.1, 0.15) is 0 Å². The van der Waals surface area contributed by atoms with Crippen LogP contribution in [0, 0.1) is 0 Å². The maximum atomic E-state index is 12.9. The highest BCUT2D eigenvalue weighted by atomic mass is 16.5. The minimum atomic E-state index is -0.0471. The lowest BCUT2D eigenvalue weighted by Crippen LogP contribution is -2.46. The summed E-state index contributed by atoms with van der Waals surface area (Å²) in [5.41, 5.74) is 1.57. The SMILES string of the molecule is COc1ccc(CCC(=O)NC2CCN(C(=O)c3ccc(OC)c(OC)c3)CC2)cc1OC. The number of hydrogen-bond donors (Lipinski definition) is 1. The van der Waals surface area contributed by atoms with Gasteiger partial charge in [-0.2, -0.15) is 0 Å². The highest BCUT2D eigenvalue weighted by Crippen LogP contribution is 2.29. The second-order valence-electron chi connectivity index (χ2n) is 7.89. The van der Waals surface area contributed by atoms with Crippen molar-refractivity contribution in [2.24, 2.45) is 0 Å². The van der Waals surface area contributed by atoms with Crippen LogP contribution in [-0.2, 0) is 11.2 Å². The molecule has 0 spiro atoms. The molecule has 1 N–H and O–H groups in total. The first-order chi connectivity index (χ1) is 16.0. The Hall–Kier alpha value is -3.42. The molecule has 8 heteroatoms. The van der Waals surface area contributed by atoms with Crippen LogP contribution in [0.15, 0.2) is 36.4 Å². The van der Waals surface area contributed by atoms with E-state index in [2.05, 4.69) is 5.32 Å². The number of carbonyl (C=O) groups excluding carboxylic acids is 2. The van der Waals surface area contributed by atoms with Gasteiger partial charge in [-0.15, -0.1) is 0 Å². The van der Waals surface area contributed by atoms with E-state index in [0.717, 1.165) is 18.4 Å². The Morgan fingerprint density at radius 2 is 1.42 bits per heavy atom. The molecule has 1 heterocycles. The van der Waals surface area contributed by atoms with Crippen molar-refractivity contribution < 1.29 is 28.5 Å². The second-order valence-corrected chi connectivity index (χ2v) is 7.89. The number of hydrogen-bond acceptors (Lipinski definition) is 6. The standard InChI is InChI=1S/C25H32N2O6/c1-30-20-8-5-17(15-22(20)32-3)6-10-24(28)26-19-11-13-27(14-12-19)25(29)18-7-9-21(31-2)23(16-18)33-4/h5,7-9,15-16,19H,6,10-14H2,1-4H3,(H,26,28). The number of rotatable bonds is 9. The number of benzene rings is 2. The molecule has 8 nitrogen and oxygen atoms in total. The van der Waals surface area contributed by atoms with Gasteiger partial charge in [0.25, 0.3) is 5.91 Å². The highest BCUT2D eigenvalue weighted by Gasteiger charge is 2.25. The maximum absolute atomic E-state index is 12.9. The summed E-state index contributed by atoms with van der Waals surface area (Å²) in [5, 5.41) is 3.10. The summed E-state index contributed by atoms with van der Waals surface area (Å²) < 4.78 is 21.1. The topological polar surface area (TPSA) is 86.3 Å². The fourth-order valence-electron chi connectivity index (χ4n) is 3.97. The Bertz CT molecular complexity index is 969. The number of aryl methyl sites for hydroxylation is 1. The molecule has 1 aliphatic rings. The molecule has 0 saturated carbocycles. The fraction of sp³-hybridized carbons (Fsp3) is 0.440. The Labute approximate surface area is 194 Å². The van der Waals surface area contributed by atoms with Crippen LogP contribution in [0.25, 0.3) is 0 Å². The number of piperidine rings is 1. The second kappa shape index (κ2) is 11.4. The van der Waals surface area contributed by atoms with E-state index in [4.69, 9.17) is 18.9 Å². The van der Waals surface area contributed by atoms with Gasteiger partial charge in [0.2, 0.25) is 5.91 Å². The predicted octanol–water partition coefficient (Wildman–Crippen LogP) is 3.07. The van der Waals surface area contributed by atoms with E-state index < -0.39 is 0 Å². The van der Waals surface area contributed by atoms with Crippen LogP contribution < -0.4 is 24.3 Å². The van der Waals surface area contributed by atoms with Crippen molar-refractivity contribution in [2.75, 3.05) is 41.5 Å². The Morgan fingerprint density at radius 3 is 2.03 bits per heavy atom. The average molecular weight is 457 g/mol. The van der Waals surface area contributed by atoms with Crippen LogP contribution in [0.5, 0.6) is 23.0 Å². The Balaban J connectivity index is 1.47. The molecule has 2 aromatic carbocycles. The van der Waals surface area contributed by atoms with Crippen molar-refractivity contribution >= 4 is 11.8 Å². The number of nitrogens with zero attached hydrogens (tertiary/aromatic N) is 1. The van der Waals surface area contributed by atoms with Crippen molar-refractivity contribution in [1.82, 2.24) is 10.2 Å². The third-order valence-corrected chi connectivity index (χ3v) is 5.87. The summed E-state index contributed by atoms with van der Waals surface area (Å²) in [6.07, 6.45) is 2.45.